The number of Topliss-reactive ketones (excluding diaryl/α,β-unsaturated/α-hetero) is 1. The molecule has 0 aliphatic heterocycles. The van der Waals surface area contributed by atoms with Gasteiger partial charge in [0.15, 0.2) is 6.61 Å². The van der Waals surface area contributed by atoms with Crippen molar-refractivity contribution in [2.24, 2.45) is 0 Å². The third kappa shape index (κ3) is 5.12. The Morgan fingerprint density at radius 3 is 2.36 bits per heavy atom. The van der Waals surface area contributed by atoms with Crippen LogP contribution in [0.3, 0.4) is 0 Å². The molecule has 0 aliphatic rings. The Balaban J connectivity index is 1.89. The molecule has 0 saturated carbocycles. The van der Waals surface area contributed by atoms with Crippen LogP contribution in [0.1, 0.15) is 36.0 Å². The molecule has 0 spiro atoms. The second-order valence-corrected chi connectivity index (χ2v) is 6.77. The van der Waals surface area contributed by atoms with Gasteiger partial charge >= 0.3 is 11.9 Å². The van der Waals surface area contributed by atoms with Gasteiger partial charge in [-0.05, 0) is 43.7 Å². The highest BCUT2D eigenvalue weighted by Crippen LogP contribution is 2.21. The molecule has 1 heterocycles. The van der Waals surface area contributed by atoms with Gasteiger partial charge in [-0.1, -0.05) is 12.1 Å². The molecule has 5 nitrogen and oxygen atoms in total. The number of carbonyl (C=O) groups is 3. The van der Waals surface area contributed by atoms with Gasteiger partial charge in [0.25, 0.3) is 0 Å². The third-order valence-electron chi connectivity index (χ3n) is 3.43. The fourth-order valence-electron chi connectivity index (χ4n) is 2.18. The molecule has 0 aliphatic carbocycles. The lowest BCUT2D eigenvalue weighted by Crippen LogP contribution is -2.12. The van der Waals surface area contributed by atoms with Gasteiger partial charge in [0.2, 0.25) is 5.78 Å². The van der Waals surface area contributed by atoms with Crippen molar-refractivity contribution in [3.63, 3.8) is 0 Å². The van der Waals surface area contributed by atoms with Gasteiger partial charge in [0.05, 0.1) is 12.7 Å². The summed E-state index contributed by atoms with van der Waals surface area (Å²) in [5.41, 5.74) is 1.74. The van der Waals surface area contributed by atoms with Gasteiger partial charge in [-0.15, -0.1) is 11.3 Å². The smallest absolute Gasteiger partial charge is 0.337 e. The second-order valence-electron chi connectivity index (χ2n) is 5.30. The van der Waals surface area contributed by atoms with Crippen molar-refractivity contribution in [1.82, 2.24) is 0 Å². The summed E-state index contributed by atoms with van der Waals surface area (Å²) in [5.74, 6) is -1.24. The lowest BCUT2D eigenvalue weighted by molar-refractivity contribution is -0.136. The van der Waals surface area contributed by atoms with Crippen LogP contribution in [0.15, 0.2) is 36.4 Å². The molecule has 0 fully saturated rings. The maximum atomic E-state index is 12.0. The van der Waals surface area contributed by atoms with E-state index in [9.17, 15) is 14.4 Å². The van der Waals surface area contributed by atoms with Crippen LogP contribution in [0.4, 0.5) is 0 Å². The molecule has 0 radical (unpaired) electrons. The topological polar surface area (TPSA) is 69.7 Å². The van der Waals surface area contributed by atoms with E-state index in [1.807, 2.05) is 13.8 Å². The predicted octanol–water partition coefficient (Wildman–Crippen LogP) is 3.59. The molecule has 1 aromatic carbocycles. The van der Waals surface area contributed by atoms with E-state index in [-0.39, 0.29) is 12.4 Å². The molecule has 0 unspecified atom stereocenters. The van der Waals surface area contributed by atoms with Crippen molar-refractivity contribution in [1.29, 1.82) is 0 Å². The van der Waals surface area contributed by atoms with Crippen molar-refractivity contribution in [2.45, 2.75) is 13.8 Å². The summed E-state index contributed by atoms with van der Waals surface area (Å²) >= 11 is 1.54. The Kier molecular flexibility index (Phi) is 6.25. The highest BCUT2D eigenvalue weighted by Gasteiger charge is 2.13. The molecule has 0 bridgehead atoms. The summed E-state index contributed by atoms with van der Waals surface area (Å²) in [6.07, 6.45) is 2.79. The minimum atomic E-state index is -0.602. The summed E-state index contributed by atoms with van der Waals surface area (Å²) in [5, 5.41) is 0. The monoisotopic (exact) mass is 358 g/mol. The van der Waals surface area contributed by atoms with E-state index >= 15 is 0 Å². The first kappa shape index (κ1) is 18.6. The Hall–Kier alpha value is -2.73. The van der Waals surface area contributed by atoms with E-state index in [0.717, 1.165) is 15.3 Å². The first-order valence-electron chi connectivity index (χ1n) is 7.54. The van der Waals surface area contributed by atoms with Crippen molar-refractivity contribution >= 4 is 35.1 Å². The standard InChI is InChI=1S/C19H18O5S/c1-12-10-16(13(2)25-12)17(20)11-24-18(21)9-6-14-4-7-15(8-5-14)19(22)23-3/h4-10H,11H2,1-3H3/b9-6+. The number of aryl methyl sites for hydroxylation is 2. The SMILES string of the molecule is COC(=O)c1ccc(/C=C/C(=O)OCC(=O)c2cc(C)sc2C)cc1. The van der Waals surface area contributed by atoms with Crippen molar-refractivity contribution in [3.05, 3.63) is 62.9 Å². The zero-order valence-corrected chi connectivity index (χ0v) is 15.0. The van der Waals surface area contributed by atoms with E-state index in [1.54, 1.807) is 36.4 Å². The molecule has 6 heteroatoms. The van der Waals surface area contributed by atoms with Gasteiger partial charge in [-0.3, -0.25) is 4.79 Å². The van der Waals surface area contributed by atoms with Crippen LogP contribution in [-0.4, -0.2) is 31.4 Å². The molecule has 0 saturated heterocycles. The van der Waals surface area contributed by atoms with Crippen LogP contribution >= 0.6 is 11.3 Å². The van der Waals surface area contributed by atoms with E-state index in [2.05, 4.69) is 4.74 Å². The van der Waals surface area contributed by atoms with Gasteiger partial charge in [0, 0.05) is 21.4 Å². The molecule has 2 aromatic rings. The number of hydrogen-bond donors (Lipinski definition) is 0. The molecule has 0 N–H and O–H groups in total. The quantitative estimate of drug-likeness (QED) is 0.448. The van der Waals surface area contributed by atoms with Crippen LogP contribution in [-0.2, 0) is 14.3 Å². The third-order valence-corrected chi connectivity index (χ3v) is 4.40. The largest absolute Gasteiger partial charge is 0.465 e. The van der Waals surface area contributed by atoms with Gasteiger partial charge < -0.3 is 9.47 Å². The number of ketones is 1. The minimum absolute atomic E-state index is 0.217. The molecular formula is C19H18O5S. The van der Waals surface area contributed by atoms with E-state index in [1.165, 1.54) is 24.5 Å². The second kappa shape index (κ2) is 8.39. The fraction of sp³-hybridized carbons (Fsp3) is 0.211. The number of rotatable bonds is 6. The molecule has 130 valence electrons. The number of carbonyl (C=O) groups excluding carboxylic acids is 3. The predicted molar refractivity (Wildman–Crippen MR) is 95.9 cm³/mol. The van der Waals surface area contributed by atoms with Crippen molar-refractivity contribution < 1.29 is 23.9 Å². The molecule has 2 rings (SSSR count). The molecular weight excluding hydrogens is 340 g/mol. The maximum Gasteiger partial charge on any atom is 0.337 e. The number of methoxy groups -OCH3 is 1. The highest BCUT2D eigenvalue weighted by atomic mass is 32.1. The highest BCUT2D eigenvalue weighted by molar-refractivity contribution is 7.12. The van der Waals surface area contributed by atoms with E-state index in [0.29, 0.717) is 11.1 Å². The van der Waals surface area contributed by atoms with Gasteiger partial charge in [-0.25, -0.2) is 9.59 Å². The van der Waals surface area contributed by atoms with Crippen LogP contribution in [0.25, 0.3) is 6.08 Å². The number of ether oxygens (including phenoxy) is 2. The van der Waals surface area contributed by atoms with Crippen molar-refractivity contribution in [2.75, 3.05) is 13.7 Å². The number of hydrogen-bond acceptors (Lipinski definition) is 6. The van der Waals surface area contributed by atoms with E-state index in [4.69, 9.17) is 4.74 Å². The molecule has 0 amide bonds. The first-order valence-corrected chi connectivity index (χ1v) is 8.36. The Morgan fingerprint density at radius 1 is 1.12 bits per heavy atom. The number of thiophene rings is 1. The maximum absolute atomic E-state index is 12.0. The summed E-state index contributed by atoms with van der Waals surface area (Å²) in [4.78, 5) is 37.1. The van der Waals surface area contributed by atoms with Crippen molar-refractivity contribution in [3.8, 4) is 0 Å². The Morgan fingerprint density at radius 2 is 1.80 bits per heavy atom. The first-order chi connectivity index (χ1) is 11.9. The summed E-state index contributed by atoms with van der Waals surface area (Å²) in [7, 11) is 1.31. The van der Waals surface area contributed by atoms with Gasteiger partial charge in [0.1, 0.15) is 0 Å². The van der Waals surface area contributed by atoms with Crippen LogP contribution in [0.5, 0.6) is 0 Å². The van der Waals surface area contributed by atoms with E-state index < -0.39 is 11.9 Å². The molecule has 25 heavy (non-hydrogen) atoms. The van der Waals surface area contributed by atoms with Crippen LogP contribution < -0.4 is 0 Å². The lowest BCUT2D eigenvalue weighted by Gasteiger charge is -2.01. The average molecular weight is 358 g/mol. The number of esters is 2. The Labute approximate surface area is 149 Å². The summed E-state index contributed by atoms with van der Waals surface area (Å²) < 4.78 is 9.59. The summed E-state index contributed by atoms with van der Waals surface area (Å²) in [6, 6.07) is 8.36. The summed E-state index contributed by atoms with van der Waals surface area (Å²) in [6.45, 7) is 3.50. The zero-order valence-electron chi connectivity index (χ0n) is 14.2. The molecule has 0 atom stereocenters. The normalized spacial score (nSPS) is 10.7. The van der Waals surface area contributed by atoms with Crippen LogP contribution in [0.2, 0.25) is 0 Å². The average Bonchev–Trinajstić information content (AvgIpc) is 2.96. The minimum Gasteiger partial charge on any atom is -0.465 e. The number of benzene rings is 1. The van der Waals surface area contributed by atoms with Crippen LogP contribution in [0, 0.1) is 13.8 Å². The fourth-order valence-corrected chi connectivity index (χ4v) is 3.13. The Bertz CT molecular complexity index is 815. The lowest BCUT2D eigenvalue weighted by atomic mass is 10.1. The molecule has 1 aromatic heterocycles. The van der Waals surface area contributed by atoms with Gasteiger partial charge in [-0.2, -0.15) is 0 Å². The zero-order chi connectivity index (χ0) is 18.4.